The van der Waals surface area contributed by atoms with Gasteiger partial charge in [0, 0.05) is 32.0 Å². The van der Waals surface area contributed by atoms with Crippen LogP contribution in [0, 0.1) is 0 Å². The zero-order valence-electron chi connectivity index (χ0n) is 14.6. The summed E-state index contributed by atoms with van der Waals surface area (Å²) in [6.07, 6.45) is 4.69. The Kier molecular flexibility index (Phi) is 7.27. The van der Waals surface area contributed by atoms with E-state index in [1.165, 1.54) is 4.31 Å². The molecular formula is C17H23N3O4S2. The van der Waals surface area contributed by atoms with Crippen molar-refractivity contribution < 1.29 is 16.8 Å². The molecule has 0 bridgehead atoms. The van der Waals surface area contributed by atoms with Crippen LogP contribution in [0.1, 0.15) is 11.1 Å². The second-order valence-electron chi connectivity index (χ2n) is 5.90. The highest BCUT2D eigenvalue weighted by Crippen LogP contribution is 2.07. The van der Waals surface area contributed by atoms with Crippen LogP contribution in [0.5, 0.6) is 0 Å². The van der Waals surface area contributed by atoms with Crippen molar-refractivity contribution >= 4 is 20.0 Å². The third-order valence-electron chi connectivity index (χ3n) is 3.76. The summed E-state index contributed by atoms with van der Waals surface area (Å²) < 4.78 is 51.8. The fourth-order valence-electron chi connectivity index (χ4n) is 2.35. The largest absolute Gasteiger partial charge is 0.265 e. The van der Waals surface area contributed by atoms with Gasteiger partial charge in [0.25, 0.3) is 0 Å². The van der Waals surface area contributed by atoms with Gasteiger partial charge in [0.1, 0.15) is 0 Å². The number of hydrogen-bond donors (Lipinski definition) is 1. The van der Waals surface area contributed by atoms with Crippen LogP contribution in [0.25, 0.3) is 0 Å². The molecule has 9 heteroatoms. The molecular weight excluding hydrogens is 374 g/mol. The van der Waals surface area contributed by atoms with Gasteiger partial charge in [-0.15, -0.1) is 0 Å². The maximum Gasteiger partial charge on any atom is 0.211 e. The Bertz CT molecular complexity index is 886. The number of sulfonamides is 2. The van der Waals surface area contributed by atoms with Crippen molar-refractivity contribution in [2.45, 2.75) is 13.0 Å². The van der Waals surface area contributed by atoms with E-state index in [-0.39, 0.29) is 25.4 Å². The van der Waals surface area contributed by atoms with E-state index < -0.39 is 20.0 Å². The summed E-state index contributed by atoms with van der Waals surface area (Å²) in [6.45, 7) is 0.258. The van der Waals surface area contributed by atoms with Crippen molar-refractivity contribution in [3.63, 3.8) is 0 Å². The Balaban J connectivity index is 1.88. The highest BCUT2D eigenvalue weighted by molar-refractivity contribution is 7.89. The molecule has 2 rings (SSSR count). The molecule has 26 heavy (non-hydrogen) atoms. The molecule has 0 aliphatic heterocycles. The standard InChI is InChI=1S/C17H23N3O4S2/c1-25(21,22)20(15-17-7-10-18-11-8-17)13-12-19-26(23,24)14-9-16-5-3-2-4-6-16/h2-8,10-11,19H,9,12-15H2,1H3. The predicted molar refractivity (Wildman–Crippen MR) is 101 cm³/mol. The average molecular weight is 398 g/mol. The van der Waals surface area contributed by atoms with Crippen molar-refractivity contribution in [2.75, 3.05) is 25.1 Å². The third kappa shape index (κ3) is 7.20. The minimum absolute atomic E-state index is 0.0231. The predicted octanol–water partition coefficient (Wildman–Crippen LogP) is 1.01. The fourth-order valence-corrected chi connectivity index (χ4v) is 4.21. The first kappa shape index (κ1) is 20.5. The van der Waals surface area contributed by atoms with Gasteiger partial charge >= 0.3 is 0 Å². The van der Waals surface area contributed by atoms with E-state index in [0.29, 0.717) is 6.42 Å². The Morgan fingerprint density at radius 3 is 2.23 bits per heavy atom. The first-order chi connectivity index (χ1) is 12.3. The molecule has 0 saturated heterocycles. The van der Waals surface area contributed by atoms with Crippen LogP contribution in [0.2, 0.25) is 0 Å². The zero-order chi connectivity index (χ0) is 19.0. The highest BCUT2D eigenvalue weighted by Gasteiger charge is 2.18. The van der Waals surface area contributed by atoms with Crippen LogP contribution < -0.4 is 4.72 Å². The van der Waals surface area contributed by atoms with Gasteiger partial charge in [-0.05, 0) is 29.7 Å². The normalized spacial score (nSPS) is 12.4. The van der Waals surface area contributed by atoms with Gasteiger partial charge in [-0.25, -0.2) is 21.6 Å². The number of aromatic nitrogens is 1. The molecule has 0 amide bonds. The summed E-state index contributed by atoms with van der Waals surface area (Å²) >= 11 is 0. The lowest BCUT2D eigenvalue weighted by atomic mass is 10.2. The third-order valence-corrected chi connectivity index (χ3v) is 6.40. The lowest BCUT2D eigenvalue weighted by Crippen LogP contribution is -2.38. The Morgan fingerprint density at radius 1 is 0.962 bits per heavy atom. The minimum atomic E-state index is -3.48. The summed E-state index contributed by atoms with van der Waals surface area (Å²) in [7, 11) is -6.93. The lowest BCUT2D eigenvalue weighted by Gasteiger charge is -2.20. The number of nitrogens with zero attached hydrogens (tertiary/aromatic N) is 2. The molecule has 0 saturated carbocycles. The Labute approximate surface area is 155 Å². The van der Waals surface area contributed by atoms with Crippen molar-refractivity contribution in [2.24, 2.45) is 0 Å². The molecule has 1 N–H and O–H groups in total. The molecule has 0 aliphatic carbocycles. The van der Waals surface area contributed by atoms with Gasteiger partial charge in [-0.1, -0.05) is 30.3 Å². The molecule has 142 valence electrons. The van der Waals surface area contributed by atoms with Gasteiger partial charge in [-0.2, -0.15) is 4.31 Å². The fraction of sp³-hybridized carbons (Fsp3) is 0.353. The molecule has 0 radical (unpaired) electrons. The van der Waals surface area contributed by atoms with Gasteiger partial charge < -0.3 is 0 Å². The van der Waals surface area contributed by atoms with Gasteiger partial charge in [-0.3, -0.25) is 4.98 Å². The van der Waals surface area contributed by atoms with Gasteiger partial charge in [0.15, 0.2) is 0 Å². The van der Waals surface area contributed by atoms with Crippen LogP contribution in [0.4, 0.5) is 0 Å². The van der Waals surface area contributed by atoms with Crippen LogP contribution in [0.3, 0.4) is 0 Å². The second kappa shape index (κ2) is 9.22. The molecule has 1 aromatic carbocycles. The molecule has 2 aromatic rings. The summed E-state index contributed by atoms with van der Waals surface area (Å²) in [5.41, 5.74) is 1.73. The van der Waals surface area contributed by atoms with Crippen molar-refractivity contribution in [1.29, 1.82) is 0 Å². The maximum absolute atomic E-state index is 12.1. The maximum atomic E-state index is 12.1. The molecule has 0 unspecified atom stereocenters. The van der Waals surface area contributed by atoms with E-state index in [4.69, 9.17) is 0 Å². The Hall–Kier alpha value is -1.81. The molecule has 0 spiro atoms. The summed E-state index contributed by atoms with van der Waals surface area (Å²) in [4.78, 5) is 3.90. The van der Waals surface area contributed by atoms with E-state index in [2.05, 4.69) is 9.71 Å². The molecule has 0 fully saturated rings. The summed E-state index contributed by atoms with van der Waals surface area (Å²) in [5.74, 6) is -0.0414. The first-order valence-corrected chi connectivity index (χ1v) is 11.6. The van der Waals surface area contributed by atoms with E-state index in [1.54, 1.807) is 24.5 Å². The molecule has 0 atom stereocenters. The number of nitrogens with one attached hydrogen (secondary N) is 1. The summed E-state index contributed by atoms with van der Waals surface area (Å²) in [6, 6.07) is 12.8. The second-order valence-corrected chi connectivity index (χ2v) is 9.81. The number of benzene rings is 1. The number of rotatable bonds is 10. The Morgan fingerprint density at radius 2 is 1.62 bits per heavy atom. The van der Waals surface area contributed by atoms with Gasteiger partial charge in [0.05, 0.1) is 12.0 Å². The SMILES string of the molecule is CS(=O)(=O)N(CCNS(=O)(=O)CCc1ccccc1)Cc1ccncc1. The minimum Gasteiger partial charge on any atom is -0.265 e. The first-order valence-electron chi connectivity index (χ1n) is 8.11. The van der Waals surface area contributed by atoms with E-state index >= 15 is 0 Å². The van der Waals surface area contributed by atoms with Gasteiger partial charge in [0.2, 0.25) is 20.0 Å². The number of aryl methyl sites for hydroxylation is 1. The number of hydrogen-bond acceptors (Lipinski definition) is 5. The van der Waals surface area contributed by atoms with E-state index in [1.807, 2.05) is 30.3 Å². The van der Waals surface area contributed by atoms with Crippen LogP contribution in [-0.2, 0) is 33.0 Å². The van der Waals surface area contributed by atoms with Crippen molar-refractivity contribution in [1.82, 2.24) is 14.0 Å². The molecule has 7 nitrogen and oxygen atoms in total. The monoisotopic (exact) mass is 397 g/mol. The van der Waals surface area contributed by atoms with Crippen molar-refractivity contribution in [3.8, 4) is 0 Å². The summed E-state index contributed by atoms with van der Waals surface area (Å²) in [5, 5.41) is 0. The average Bonchev–Trinajstić information content (AvgIpc) is 2.60. The van der Waals surface area contributed by atoms with Crippen LogP contribution >= 0.6 is 0 Å². The highest BCUT2D eigenvalue weighted by atomic mass is 32.2. The molecule has 1 aromatic heterocycles. The number of pyridine rings is 1. The smallest absolute Gasteiger partial charge is 0.211 e. The van der Waals surface area contributed by atoms with E-state index in [0.717, 1.165) is 17.4 Å². The molecule has 0 aliphatic rings. The van der Waals surface area contributed by atoms with Crippen LogP contribution in [0.15, 0.2) is 54.9 Å². The topological polar surface area (TPSA) is 96.4 Å². The van der Waals surface area contributed by atoms with Crippen LogP contribution in [-0.4, -0.2) is 51.2 Å². The lowest BCUT2D eigenvalue weighted by molar-refractivity contribution is 0.412. The van der Waals surface area contributed by atoms with Crippen molar-refractivity contribution in [3.05, 3.63) is 66.0 Å². The quantitative estimate of drug-likeness (QED) is 0.645. The zero-order valence-corrected chi connectivity index (χ0v) is 16.2. The molecule has 1 heterocycles. The van der Waals surface area contributed by atoms with E-state index in [9.17, 15) is 16.8 Å².